The van der Waals surface area contributed by atoms with Gasteiger partial charge in [-0.2, -0.15) is 0 Å². The summed E-state index contributed by atoms with van der Waals surface area (Å²) in [7, 11) is 0. The number of ether oxygens (including phenoxy) is 1. The molecule has 98 valence electrons. The standard InChI is InChI=1S/C15H20O3/c1-3-4-5-10-18-14-8-6-13(12(2)11-14)7-9-15(16)17/h6-9,11H,3-5,10H2,1-2H3,(H,16,17)/b9-7+. The summed E-state index contributed by atoms with van der Waals surface area (Å²) in [5, 5.41) is 8.58. The van der Waals surface area contributed by atoms with Gasteiger partial charge in [-0.1, -0.05) is 25.8 Å². The topological polar surface area (TPSA) is 46.5 Å². The van der Waals surface area contributed by atoms with Crippen LogP contribution in [-0.4, -0.2) is 17.7 Å². The van der Waals surface area contributed by atoms with E-state index in [1.165, 1.54) is 12.8 Å². The first kappa shape index (κ1) is 14.3. The zero-order valence-corrected chi connectivity index (χ0v) is 11.0. The third kappa shape index (κ3) is 5.04. The Balaban J connectivity index is 2.59. The van der Waals surface area contributed by atoms with Crippen LogP contribution in [0, 0.1) is 6.92 Å². The normalized spacial score (nSPS) is 10.8. The summed E-state index contributed by atoms with van der Waals surface area (Å²) in [6, 6.07) is 5.69. The molecule has 0 atom stereocenters. The van der Waals surface area contributed by atoms with Crippen LogP contribution >= 0.6 is 0 Å². The van der Waals surface area contributed by atoms with Crippen molar-refractivity contribution in [2.75, 3.05) is 6.61 Å². The fraction of sp³-hybridized carbons (Fsp3) is 0.400. The van der Waals surface area contributed by atoms with E-state index >= 15 is 0 Å². The highest BCUT2D eigenvalue weighted by atomic mass is 16.5. The Morgan fingerprint density at radius 3 is 2.78 bits per heavy atom. The van der Waals surface area contributed by atoms with Crippen molar-refractivity contribution in [1.82, 2.24) is 0 Å². The summed E-state index contributed by atoms with van der Waals surface area (Å²) >= 11 is 0. The molecule has 0 aliphatic rings. The van der Waals surface area contributed by atoms with Crippen LogP contribution in [0.25, 0.3) is 6.08 Å². The largest absolute Gasteiger partial charge is 0.494 e. The Labute approximate surface area is 108 Å². The van der Waals surface area contributed by atoms with Crippen LogP contribution in [0.15, 0.2) is 24.3 Å². The van der Waals surface area contributed by atoms with Gasteiger partial charge >= 0.3 is 5.97 Å². The zero-order chi connectivity index (χ0) is 13.4. The molecule has 3 nitrogen and oxygen atoms in total. The third-order valence-corrected chi connectivity index (χ3v) is 2.66. The zero-order valence-electron chi connectivity index (χ0n) is 11.0. The summed E-state index contributed by atoms with van der Waals surface area (Å²) in [6.45, 7) is 4.84. The van der Waals surface area contributed by atoms with Gasteiger partial charge in [-0.15, -0.1) is 0 Å². The maximum atomic E-state index is 10.4. The molecule has 18 heavy (non-hydrogen) atoms. The number of rotatable bonds is 7. The minimum absolute atomic E-state index is 0.734. The molecular formula is C15H20O3. The molecule has 0 saturated heterocycles. The maximum absolute atomic E-state index is 10.4. The molecule has 1 aromatic rings. The molecule has 0 amide bonds. The molecule has 0 radical (unpaired) electrons. The van der Waals surface area contributed by atoms with E-state index in [0.29, 0.717) is 0 Å². The second-order valence-corrected chi connectivity index (χ2v) is 4.25. The number of carbonyl (C=O) groups is 1. The molecule has 1 rings (SSSR count). The lowest BCUT2D eigenvalue weighted by Crippen LogP contribution is -1.97. The van der Waals surface area contributed by atoms with E-state index in [9.17, 15) is 4.79 Å². The first-order valence-corrected chi connectivity index (χ1v) is 6.28. The highest BCUT2D eigenvalue weighted by molar-refractivity contribution is 5.85. The lowest BCUT2D eigenvalue weighted by Gasteiger charge is -2.08. The second kappa shape index (κ2) is 7.54. The first-order chi connectivity index (χ1) is 8.63. The average molecular weight is 248 g/mol. The number of carboxylic acids is 1. The van der Waals surface area contributed by atoms with E-state index in [2.05, 4.69) is 6.92 Å². The summed E-state index contributed by atoms with van der Waals surface area (Å²) < 4.78 is 5.63. The molecular weight excluding hydrogens is 228 g/mol. The van der Waals surface area contributed by atoms with Crippen molar-refractivity contribution in [1.29, 1.82) is 0 Å². The highest BCUT2D eigenvalue weighted by Crippen LogP contribution is 2.18. The van der Waals surface area contributed by atoms with E-state index in [-0.39, 0.29) is 0 Å². The predicted octanol–water partition coefficient (Wildman–Crippen LogP) is 3.66. The number of carboxylic acid groups (broad SMARTS) is 1. The van der Waals surface area contributed by atoms with Gasteiger partial charge in [-0.3, -0.25) is 0 Å². The fourth-order valence-electron chi connectivity index (χ4n) is 1.63. The van der Waals surface area contributed by atoms with Gasteiger partial charge in [0.1, 0.15) is 5.75 Å². The SMILES string of the molecule is CCCCCOc1ccc(/C=C/C(=O)O)c(C)c1. The molecule has 0 aromatic heterocycles. The number of hydrogen-bond acceptors (Lipinski definition) is 2. The predicted molar refractivity (Wildman–Crippen MR) is 72.9 cm³/mol. The summed E-state index contributed by atoms with van der Waals surface area (Å²) in [6.07, 6.45) is 6.17. The smallest absolute Gasteiger partial charge is 0.328 e. The molecule has 0 unspecified atom stereocenters. The molecule has 1 aromatic carbocycles. The molecule has 0 heterocycles. The molecule has 0 aliphatic heterocycles. The number of aryl methyl sites for hydroxylation is 1. The minimum Gasteiger partial charge on any atom is -0.494 e. The maximum Gasteiger partial charge on any atom is 0.328 e. The van der Waals surface area contributed by atoms with Crippen LogP contribution in [0.4, 0.5) is 0 Å². The van der Waals surface area contributed by atoms with E-state index in [4.69, 9.17) is 9.84 Å². The Morgan fingerprint density at radius 2 is 2.17 bits per heavy atom. The van der Waals surface area contributed by atoms with Crippen LogP contribution in [0.1, 0.15) is 37.3 Å². The lowest BCUT2D eigenvalue weighted by atomic mass is 10.1. The van der Waals surface area contributed by atoms with E-state index in [1.807, 2.05) is 25.1 Å². The van der Waals surface area contributed by atoms with E-state index < -0.39 is 5.97 Å². The average Bonchev–Trinajstić information content (AvgIpc) is 2.33. The van der Waals surface area contributed by atoms with Crippen LogP contribution < -0.4 is 4.74 Å². The molecule has 0 saturated carbocycles. The fourth-order valence-corrected chi connectivity index (χ4v) is 1.63. The molecule has 0 bridgehead atoms. The van der Waals surface area contributed by atoms with Gasteiger partial charge in [0.15, 0.2) is 0 Å². The van der Waals surface area contributed by atoms with Crippen LogP contribution in [0.2, 0.25) is 0 Å². The summed E-state index contributed by atoms with van der Waals surface area (Å²) in [4.78, 5) is 10.4. The lowest BCUT2D eigenvalue weighted by molar-refractivity contribution is -0.131. The van der Waals surface area contributed by atoms with Crippen LogP contribution in [0.3, 0.4) is 0 Å². The second-order valence-electron chi connectivity index (χ2n) is 4.25. The first-order valence-electron chi connectivity index (χ1n) is 6.28. The number of aliphatic carboxylic acids is 1. The van der Waals surface area contributed by atoms with Crippen molar-refractivity contribution in [2.45, 2.75) is 33.1 Å². The van der Waals surface area contributed by atoms with Crippen molar-refractivity contribution >= 4 is 12.0 Å². The highest BCUT2D eigenvalue weighted by Gasteiger charge is 1.99. The van der Waals surface area contributed by atoms with Crippen molar-refractivity contribution in [3.8, 4) is 5.75 Å². The van der Waals surface area contributed by atoms with Gasteiger partial charge in [0.2, 0.25) is 0 Å². The van der Waals surface area contributed by atoms with Gasteiger partial charge in [0.25, 0.3) is 0 Å². The molecule has 0 spiro atoms. The van der Waals surface area contributed by atoms with Crippen molar-refractivity contribution in [3.05, 3.63) is 35.4 Å². The van der Waals surface area contributed by atoms with Crippen LogP contribution in [-0.2, 0) is 4.79 Å². The van der Waals surface area contributed by atoms with E-state index in [1.54, 1.807) is 6.08 Å². The van der Waals surface area contributed by atoms with Crippen LogP contribution in [0.5, 0.6) is 5.75 Å². The molecule has 1 N–H and O–H groups in total. The van der Waals surface area contributed by atoms with Gasteiger partial charge in [0, 0.05) is 6.08 Å². The van der Waals surface area contributed by atoms with E-state index in [0.717, 1.165) is 36.0 Å². The molecule has 3 heteroatoms. The molecule has 0 aliphatic carbocycles. The summed E-state index contributed by atoms with van der Waals surface area (Å²) in [5.74, 6) is -0.0922. The van der Waals surface area contributed by atoms with Crippen molar-refractivity contribution in [2.24, 2.45) is 0 Å². The van der Waals surface area contributed by atoms with Gasteiger partial charge in [-0.05, 0) is 42.7 Å². The summed E-state index contributed by atoms with van der Waals surface area (Å²) in [5.41, 5.74) is 1.92. The Bertz CT molecular complexity index is 422. The van der Waals surface area contributed by atoms with Gasteiger partial charge in [0.05, 0.1) is 6.61 Å². The van der Waals surface area contributed by atoms with Crippen molar-refractivity contribution in [3.63, 3.8) is 0 Å². The Kier molecular flexibility index (Phi) is 5.98. The van der Waals surface area contributed by atoms with Gasteiger partial charge < -0.3 is 9.84 Å². The Hall–Kier alpha value is -1.77. The monoisotopic (exact) mass is 248 g/mol. The van der Waals surface area contributed by atoms with Crippen molar-refractivity contribution < 1.29 is 14.6 Å². The molecule has 0 fully saturated rings. The van der Waals surface area contributed by atoms with Gasteiger partial charge in [-0.25, -0.2) is 4.79 Å². The Morgan fingerprint density at radius 1 is 1.39 bits per heavy atom. The number of hydrogen-bond donors (Lipinski definition) is 1. The number of unbranched alkanes of at least 4 members (excludes halogenated alkanes) is 2. The number of benzene rings is 1. The minimum atomic E-state index is -0.936. The quantitative estimate of drug-likeness (QED) is 0.591. The third-order valence-electron chi connectivity index (χ3n) is 2.66.